The maximum Gasteiger partial charge on any atom is 0.236 e. The van der Waals surface area contributed by atoms with Gasteiger partial charge in [0.25, 0.3) is 0 Å². The van der Waals surface area contributed by atoms with E-state index in [1.54, 1.807) is 7.11 Å². The number of carbonyl (C=O) groups excluding carboxylic acids is 1. The average molecular weight is 254 g/mol. The van der Waals surface area contributed by atoms with Crippen LogP contribution in [0.25, 0.3) is 0 Å². The number of methoxy groups -OCH3 is 1. The van der Waals surface area contributed by atoms with E-state index in [4.69, 9.17) is 4.74 Å². The monoisotopic (exact) mass is 254 g/mol. The molecular weight excluding hydrogens is 228 g/mol. The van der Waals surface area contributed by atoms with Crippen LogP contribution in [-0.4, -0.2) is 50.7 Å². The van der Waals surface area contributed by atoms with E-state index in [9.17, 15) is 4.79 Å². The molecule has 0 aromatic carbocycles. The fraction of sp³-hybridized carbons (Fsp3) is 0.929. The predicted octanol–water partition coefficient (Wildman–Crippen LogP) is 1.26. The fourth-order valence-electron chi connectivity index (χ4n) is 3.31. The molecule has 2 rings (SSSR count). The summed E-state index contributed by atoms with van der Waals surface area (Å²) in [5.74, 6) is 1.93. The highest BCUT2D eigenvalue weighted by Gasteiger charge is 2.32. The summed E-state index contributed by atoms with van der Waals surface area (Å²) < 4.78 is 4.95. The van der Waals surface area contributed by atoms with Gasteiger partial charge in [0, 0.05) is 26.7 Å². The van der Waals surface area contributed by atoms with Crippen molar-refractivity contribution in [2.24, 2.45) is 11.8 Å². The molecule has 2 atom stereocenters. The van der Waals surface area contributed by atoms with Crippen molar-refractivity contribution in [3.05, 3.63) is 0 Å². The first-order chi connectivity index (χ1) is 8.81. The van der Waals surface area contributed by atoms with E-state index in [0.717, 1.165) is 31.5 Å². The Balaban J connectivity index is 1.71. The molecule has 0 spiro atoms. The molecule has 104 valence electrons. The van der Waals surface area contributed by atoms with Crippen LogP contribution in [0.4, 0.5) is 0 Å². The third-order valence-corrected chi connectivity index (χ3v) is 4.40. The van der Waals surface area contributed by atoms with Gasteiger partial charge in [-0.1, -0.05) is 19.3 Å². The quantitative estimate of drug-likeness (QED) is 0.751. The molecule has 4 nitrogen and oxygen atoms in total. The lowest BCUT2D eigenvalue weighted by atomic mass is 9.75. The molecule has 1 amide bonds. The summed E-state index contributed by atoms with van der Waals surface area (Å²) in [6.45, 7) is 3.84. The number of amides is 1. The summed E-state index contributed by atoms with van der Waals surface area (Å²) in [6, 6.07) is 0. The first-order valence-corrected chi connectivity index (χ1v) is 7.28. The standard InChI is InChI=1S/C14H26N2O2/c1-18-9-7-15-10-14(17)16-8-6-12-4-2-3-5-13(12)11-16/h12-13,15H,2-11H2,1H3. The number of fused-ring (bicyclic) bond motifs is 1. The molecular formula is C14H26N2O2. The second-order valence-corrected chi connectivity index (χ2v) is 5.60. The summed E-state index contributed by atoms with van der Waals surface area (Å²) in [4.78, 5) is 14.1. The van der Waals surface area contributed by atoms with Crippen LogP contribution >= 0.6 is 0 Å². The maximum atomic E-state index is 12.1. The Morgan fingerprint density at radius 3 is 2.83 bits per heavy atom. The first-order valence-electron chi connectivity index (χ1n) is 7.28. The highest BCUT2D eigenvalue weighted by atomic mass is 16.5. The average Bonchev–Trinajstić information content (AvgIpc) is 2.43. The van der Waals surface area contributed by atoms with E-state index >= 15 is 0 Å². The zero-order chi connectivity index (χ0) is 12.8. The van der Waals surface area contributed by atoms with Crippen LogP contribution in [0, 0.1) is 11.8 Å². The van der Waals surface area contributed by atoms with Crippen molar-refractivity contribution in [1.82, 2.24) is 10.2 Å². The van der Waals surface area contributed by atoms with Crippen LogP contribution < -0.4 is 5.32 Å². The Kier molecular flexibility index (Phi) is 5.45. The van der Waals surface area contributed by atoms with E-state index in [1.807, 2.05) is 0 Å². The summed E-state index contributed by atoms with van der Waals surface area (Å²) in [5, 5.41) is 3.14. The number of likely N-dealkylation sites (tertiary alicyclic amines) is 1. The molecule has 0 aromatic rings. The van der Waals surface area contributed by atoms with Gasteiger partial charge in [0.05, 0.1) is 13.2 Å². The Bertz CT molecular complexity index is 271. The van der Waals surface area contributed by atoms with Gasteiger partial charge in [0.1, 0.15) is 0 Å². The number of piperidine rings is 1. The van der Waals surface area contributed by atoms with E-state index in [0.29, 0.717) is 13.2 Å². The van der Waals surface area contributed by atoms with Crippen LogP contribution in [0.1, 0.15) is 32.1 Å². The zero-order valence-electron chi connectivity index (χ0n) is 11.5. The number of nitrogens with one attached hydrogen (secondary N) is 1. The smallest absolute Gasteiger partial charge is 0.236 e. The highest BCUT2D eigenvalue weighted by molar-refractivity contribution is 5.78. The summed E-state index contributed by atoms with van der Waals surface area (Å²) in [6.07, 6.45) is 6.68. The fourth-order valence-corrected chi connectivity index (χ4v) is 3.31. The normalized spacial score (nSPS) is 27.9. The van der Waals surface area contributed by atoms with Gasteiger partial charge in [-0.05, 0) is 24.7 Å². The zero-order valence-corrected chi connectivity index (χ0v) is 11.5. The van der Waals surface area contributed by atoms with E-state index in [1.165, 1.54) is 32.1 Å². The molecule has 2 fully saturated rings. The second-order valence-electron chi connectivity index (χ2n) is 5.60. The minimum Gasteiger partial charge on any atom is -0.383 e. The van der Waals surface area contributed by atoms with Crippen molar-refractivity contribution in [3.8, 4) is 0 Å². The van der Waals surface area contributed by atoms with Gasteiger partial charge >= 0.3 is 0 Å². The topological polar surface area (TPSA) is 41.6 Å². The lowest BCUT2D eigenvalue weighted by Gasteiger charge is -2.41. The van der Waals surface area contributed by atoms with Gasteiger partial charge < -0.3 is 15.0 Å². The second kappa shape index (κ2) is 7.10. The third kappa shape index (κ3) is 3.69. The predicted molar refractivity (Wildman–Crippen MR) is 71.4 cm³/mol. The molecule has 0 radical (unpaired) electrons. The van der Waals surface area contributed by atoms with Crippen molar-refractivity contribution in [2.75, 3.05) is 39.9 Å². The largest absolute Gasteiger partial charge is 0.383 e. The van der Waals surface area contributed by atoms with Crippen molar-refractivity contribution >= 4 is 5.91 Å². The molecule has 1 N–H and O–H groups in total. The van der Waals surface area contributed by atoms with Gasteiger partial charge in [-0.15, -0.1) is 0 Å². The molecule has 1 saturated carbocycles. The van der Waals surface area contributed by atoms with E-state index in [2.05, 4.69) is 10.2 Å². The van der Waals surface area contributed by atoms with Gasteiger partial charge in [0.15, 0.2) is 0 Å². The molecule has 0 bridgehead atoms. The van der Waals surface area contributed by atoms with E-state index in [-0.39, 0.29) is 5.91 Å². The van der Waals surface area contributed by atoms with Gasteiger partial charge in [-0.25, -0.2) is 0 Å². The van der Waals surface area contributed by atoms with Crippen molar-refractivity contribution < 1.29 is 9.53 Å². The Hall–Kier alpha value is -0.610. The first kappa shape index (κ1) is 13.8. The Morgan fingerprint density at radius 2 is 2.06 bits per heavy atom. The van der Waals surface area contributed by atoms with Gasteiger partial charge in [-0.3, -0.25) is 4.79 Å². The lowest BCUT2D eigenvalue weighted by Crippen LogP contribution is -2.47. The third-order valence-electron chi connectivity index (χ3n) is 4.40. The van der Waals surface area contributed by atoms with Crippen molar-refractivity contribution in [2.45, 2.75) is 32.1 Å². The minimum absolute atomic E-state index is 0.259. The Morgan fingerprint density at radius 1 is 1.28 bits per heavy atom. The number of nitrogens with zero attached hydrogens (tertiary/aromatic N) is 1. The maximum absolute atomic E-state index is 12.1. The Labute approximate surface area is 110 Å². The number of hydrogen-bond acceptors (Lipinski definition) is 3. The van der Waals surface area contributed by atoms with Crippen LogP contribution in [-0.2, 0) is 9.53 Å². The van der Waals surface area contributed by atoms with E-state index < -0.39 is 0 Å². The number of rotatable bonds is 5. The SMILES string of the molecule is COCCNCC(=O)N1CCC2CCCCC2C1. The molecule has 4 heteroatoms. The molecule has 1 aliphatic heterocycles. The summed E-state index contributed by atoms with van der Waals surface area (Å²) in [7, 11) is 1.68. The van der Waals surface area contributed by atoms with Gasteiger partial charge in [-0.2, -0.15) is 0 Å². The molecule has 2 unspecified atom stereocenters. The number of carbonyl (C=O) groups is 1. The summed E-state index contributed by atoms with van der Waals surface area (Å²) in [5.41, 5.74) is 0. The lowest BCUT2D eigenvalue weighted by molar-refractivity contribution is -0.133. The molecule has 2 aliphatic rings. The van der Waals surface area contributed by atoms with Crippen LogP contribution in [0.2, 0.25) is 0 Å². The summed E-state index contributed by atoms with van der Waals surface area (Å²) >= 11 is 0. The van der Waals surface area contributed by atoms with Crippen molar-refractivity contribution in [1.29, 1.82) is 0 Å². The number of ether oxygens (including phenoxy) is 1. The van der Waals surface area contributed by atoms with Crippen LogP contribution in [0.15, 0.2) is 0 Å². The molecule has 18 heavy (non-hydrogen) atoms. The van der Waals surface area contributed by atoms with Crippen LogP contribution in [0.3, 0.4) is 0 Å². The molecule has 1 heterocycles. The highest BCUT2D eigenvalue weighted by Crippen LogP contribution is 2.35. The molecule has 1 saturated heterocycles. The molecule has 0 aromatic heterocycles. The van der Waals surface area contributed by atoms with Crippen LogP contribution in [0.5, 0.6) is 0 Å². The van der Waals surface area contributed by atoms with Crippen molar-refractivity contribution in [3.63, 3.8) is 0 Å². The minimum atomic E-state index is 0.259. The number of hydrogen-bond donors (Lipinski definition) is 1. The van der Waals surface area contributed by atoms with Gasteiger partial charge in [0.2, 0.25) is 5.91 Å². The molecule has 1 aliphatic carbocycles.